The van der Waals surface area contributed by atoms with E-state index in [1.165, 1.54) is 0 Å². The summed E-state index contributed by atoms with van der Waals surface area (Å²) < 4.78 is 38.5. The quantitative estimate of drug-likeness (QED) is 0.880. The lowest BCUT2D eigenvalue weighted by Gasteiger charge is -2.22. The number of aromatic nitrogens is 1. The molecule has 2 rings (SSSR count). The molecule has 0 aliphatic heterocycles. The van der Waals surface area contributed by atoms with E-state index in [1.807, 2.05) is 5.32 Å². The minimum atomic E-state index is -4.62. The zero-order chi connectivity index (χ0) is 17.7. The number of alkyl halides is 3. The molecular weight excluding hydrogens is 327 g/mol. The molecule has 1 aliphatic carbocycles. The van der Waals surface area contributed by atoms with Crippen molar-refractivity contribution in [2.24, 2.45) is 0 Å². The van der Waals surface area contributed by atoms with E-state index in [4.69, 9.17) is 0 Å². The van der Waals surface area contributed by atoms with Gasteiger partial charge in [0.05, 0.1) is 5.56 Å². The van der Waals surface area contributed by atoms with Crippen LogP contribution in [0.15, 0.2) is 23.1 Å². The number of pyridine rings is 1. The molecule has 1 aromatic heterocycles. The van der Waals surface area contributed by atoms with Gasteiger partial charge in [-0.25, -0.2) is 4.79 Å². The first-order valence-corrected chi connectivity index (χ1v) is 7.64. The van der Waals surface area contributed by atoms with Crippen LogP contribution in [0.5, 0.6) is 0 Å². The third kappa shape index (κ3) is 5.10. The SMILES string of the molecule is O=C(Cn1cc(C(F)(F)F)ccc1=O)NC(=O)NC1CCCCC1. The van der Waals surface area contributed by atoms with E-state index in [1.54, 1.807) is 0 Å². The van der Waals surface area contributed by atoms with E-state index in [9.17, 15) is 27.6 Å². The first-order valence-electron chi connectivity index (χ1n) is 7.64. The Morgan fingerprint density at radius 3 is 2.46 bits per heavy atom. The van der Waals surface area contributed by atoms with Crippen molar-refractivity contribution in [3.05, 3.63) is 34.2 Å². The lowest BCUT2D eigenvalue weighted by Crippen LogP contribution is -2.46. The fraction of sp³-hybridized carbons (Fsp3) is 0.533. The highest BCUT2D eigenvalue weighted by atomic mass is 19.4. The topological polar surface area (TPSA) is 80.2 Å². The molecule has 0 spiro atoms. The summed E-state index contributed by atoms with van der Waals surface area (Å²) in [5, 5.41) is 4.68. The van der Waals surface area contributed by atoms with E-state index in [0.29, 0.717) is 16.8 Å². The van der Waals surface area contributed by atoms with Crippen molar-refractivity contribution in [3.63, 3.8) is 0 Å². The molecule has 2 N–H and O–H groups in total. The van der Waals surface area contributed by atoms with Gasteiger partial charge in [0.15, 0.2) is 0 Å². The van der Waals surface area contributed by atoms with Crippen LogP contribution in [0.1, 0.15) is 37.7 Å². The molecule has 1 saturated carbocycles. The van der Waals surface area contributed by atoms with Gasteiger partial charge in [-0.3, -0.25) is 14.9 Å². The molecule has 0 atom stereocenters. The van der Waals surface area contributed by atoms with E-state index >= 15 is 0 Å². The molecule has 9 heteroatoms. The molecule has 6 nitrogen and oxygen atoms in total. The average Bonchev–Trinajstić information content (AvgIpc) is 2.49. The summed E-state index contributed by atoms with van der Waals surface area (Å²) in [7, 11) is 0. The van der Waals surface area contributed by atoms with Gasteiger partial charge in [0.1, 0.15) is 6.54 Å². The summed E-state index contributed by atoms with van der Waals surface area (Å²) in [4.78, 5) is 35.0. The number of carbonyl (C=O) groups excluding carboxylic acids is 2. The van der Waals surface area contributed by atoms with Gasteiger partial charge in [-0.05, 0) is 18.9 Å². The minimum absolute atomic E-state index is 0.0113. The standard InChI is InChI=1S/C15H18F3N3O3/c16-15(17,18)10-6-7-13(23)21(8-10)9-12(22)20-14(24)19-11-4-2-1-3-5-11/h6-8,11H,1-5,9H2,(H2,19,20,22,24). The van der Waals surface area contributed by atoms with Crippen molar-refractivity contribution in [3.8, 4) is 0 Å². The Kier molecular flexibility index (Phi) is 5.63. The maximum Gasteiger partial charge on any atom is 0.417 e. The Morgan fingerprint density at radius 2 is 1.83 bits per heavy atom. The van der Waals surface area contributed by atoms with Crippen LogP contribution in [0.4, 0.5) is 18.0 Å². The number of halogens is 3. The summed E-state index contributed by atoms with van der Waals surface area (Å²) in [5.74, 6) is -0.857. The van der Waals surface area contributed by atoms with Crippen LogP contribution in [0.2, 0.25) is 0 Å². The Morgan fingerprint density at radius 1 is 1.17 bits per heavy atom. The van der Waals surface area contributed by atoms with Gasteiger partial charge in [0, 0.05) is 18.3 Å². The van der Waals surface area contributed by atoms with Crippen LogP contribution in [0.3, 0.4) is 0 Å². The molecule has 1 aliphatic rings. The number of rotatable bonds is 3. The number of nitrogens with zero attached hydrogens (tertiary/aromatic N) is 1. The third-order valence-corrected chi connectivity index (χ3v) is 3.82. The maximum absolute atomic E-state index is 12.6. The fourth-order valence-electron chi connectivity index (χ4n) is 2.61. The Hall–Kier alpha value is -2.32. The summed E-state index contributed by atoms with van der Waals surface area (Å²) in [6.07, 6.45) is 0.697. The predicted molar refractivity (Wildman–Crippen MR) is 79.3 cm³/mol. The molecule has 1 aromatic rings. The van der Waals surface area contributed by atoms with Gasteiger partial charge >= 0.3 is 12.2 Å². The number of nitrogens with one attached hydrogen (secondary N) is 2. The normalized spacial score (nSPS) is 15.8. The molecule has 0 unspecified atom stereocenters. The first-order chi connectivity index (χ1) is 11.3. The lowest BCUT2D eigenvalue weighted by atomic mass is 9.96. The predicted octanol–water partition coefficient (Wildman–Crippen LogP) is 2.03. The summed E-state index contributed by atoms with van der Waals surface area (Å²) >= 11 is 0. The van der Waals surface area contributed by atoms with Crippen LogP contribution in [0.25, 0.3) is 0 Å². The Bertz CT molecular complexity index is 664. The van der Waals surface area contributed by atoms with E-state index in [0.717, 1.165) is 38.2 Å². The van der Waals surface area contributed by atoms with Crippen molar-refractivity contribution in [1.29, 1.82) is 0 Å². The summed E-state index contributed by atoms with van der Waals surface area (Å²) in [6.45, 7) is -0.666. The highest BCUT2D eigenvalue weighted by Crippen LogP contribution is 2.27. The third-order valence-electron chi connectivity index (χ3n) is 3.82. The molecule has 1 fully saturated rings. The van der Waals surface area contributed by atoms with Crippen molar-refractivity contribution >= 4 is 11.9 Å². The molecular formula is C15H18F3N3O3. The van der Waals surface area contributed by atoms with Crippen LogP contribution in [-0.2, 0) is 17.5 Å². The molecule has 0 saturated heterocycles. The number of urea groups is 1. The zero-order valence-electron chi connectivity index (χ0n) is 12.9. The average molecular weight is 345 g/mol. The summed E-state index contributed by atoms with van der Waals surface area (Å²) in [6, 6.07) is 0.666. The van der Waals surface area contributed by atoms with Crippen LogP contribution >= 0.6 is 0 Å². The van der Waals surface area contributed by atoms with Gasteiger partial charge in [0.2, 0.25) is 5.91 Å². The van der Waals surface area contributed by atoms with Gasteiger partial charge in [-0.15, -0.1) is 0 Å². The van der Waals surface area contributed by atoms with Crippen LogP contribution in [0, 0.1) is 0 Å². The van der Waals surface area contributed by atoms with Gasteiger partial charge in [-0.1, -0.05) is 19.3 Å². The summed E-state index contributed by atoms with van der Waals surface area (Å²) in [5.41, 5.74) is -1.80. The molecule has 1 heterocycles. The second-order valence-corrected chi connectivity index (χ2v) is 5.74. The molecule has 0 aromatic carbocycles. The number of imide groups is 1. The van der Waals surface area contributed by atoms with Gasteiger partial charge < -0.3 is 9.88 Å². The highest BCUT2D eigenvalue weighted by Gasteiger charge is 2.31. The van der Waals surface area contributed by atoms with Crippen LogP contribution in [-0.4, -0.2) is 22.5 Å². The minimum Gasteiger partial charge on any atom is -0.335 e. The first kappa shape index (κ1) is 18.0. The number of amides is 3. The number of carbonyl (C=O) groups is 2. The smallest absolute Gasteiger partial charge is 0.335 e. The van der Waals surface area contributed by atoms with E-state index in [-0.39, 0.29) is 6.04 Å². The van der Waals surface area contributed by atoms with Crippen molar-refractivity contribution in [2.45, 2.75) is 50.9 Å². The van der Waals surface area contributed by atoms with Crippen LogP contribution < -0.4 is 16.2 Å². The number of hydrogen-bond acceptors (Lipinski definition) is 3. The van der Waals surface area contributed by atoms with Crippen molar-refractivity contribution in [2.75, 3.05) is 0 Å². The molecule has 132 valence electrons. The Labute approximate surface area is 136 Å². The monoisotopic (exact) mass is 345 g/mol. The fourth-order valence-corrected chi connectivity index (χ4v) is 2.61. The molecule has 0 radical (unpaired) electrons. The molecule has 3 amide bonds. The number of hydrogen-bond donors (Lipinski definition) is 2. The van der Waals surface area contributed by atoms with E-state index in [2.05, 4.69) is 5.32 Å². The van der Waals surface area contributed by atoms with E-state index < -0.39 is 35.8 Å². The zero-order valence-corrected chi connectivity index (χ0v) is 12.9. The molecule has 24 heavy (non-hydrogen) atoms. The molecule has 0 bridgehead atoms. The second kappa shape index (κ2) is 7.50. The second-order valence-electron chi connectivity index (χ2n) is 5.74. The van der Waals surface area contributed by atoms with Gasteiger partial charge in [0.25, 0.3) is 5.56 Å². The largest absolute Gasteiger partial charge is 0.417 e. The maximum atomic E-state index is 12.6. The Balaban J connectivity index is 1.94. The van der Waals surface area contributed by atoms with Gasteiger partial charge in [-0.2, -0.15) is 13.2 Å². The van der Waals surface area contributed by atoms with Crippen molar-refractivity contribution < 1.29 is 22.8 Å². The van der Waals surface area contributed by atoms with Crippen molar-refractivity contribution in [1.82, 2.24) is 15.2 Å². The highest BCUT2D eigenvalue weighted by molar-refractivity contribution is 5.94. The lowest BCUT2D eigenvalue weighted by molar-refractivity contribution is -0.138.